The Morgan fingerprint density at radius 2 is 1.79 bits per heavy atom. The van der Waals surface area contributed by atoms with Gasteiger partial charge in [0.25, 0.3) is 5.91 Å². The normalized spacial score (nSPS) is 18.9. The number of amides is 1. The van der Waals surface area contributed by atoms with Crippen LogP contribution in [0.25, 0.3) is 22.0 Å². The van der Waals surface area contributed by atoms with Gasteiger partial charge in [0, 0.05) is 49.0 Å². The number of nitrogens with zero attached hydrogens (tertiary/aromatic N) is 5. The molecule has 4 heterocycles. The molecule has 11 heteroatoms. The van der Waals surface area contributed by atoms with Crippen LogP contribution in [0, 0.1) is 0 Å². The SMILES string of the molecule is CCS(=O)(=O)N1CCC(c2c[nH]c3c(C(N)=O)cc(-c4cnn(CCN5CCC(N(C)C)CC5)c4)cc23)CC1. The van der Waals surface area contributed by atoms with E-state index in [2.05, 4.69) is 40.0 Å². The van der Waals surface area contributed by atoms with Gasteiger partial charge in [0.2, 0.25) is 10.0 Å². The minimum atomic E-state index is -3.18. The predicted octanol–water partition coefficient (Wildman–Crippen LogP) is 2.69. The molecule has 2 fully saturated rings. The van der Waals surface area contributed by atoms with Gasteiger partial charge in [-0.2, -0.15) is 5.10 Å². The van der Waals surface area contributed by atoms with Gasteiger partial charge >= 0.3 is 0 Å². The summed E-state index contributed by atoms with van der Waals surface area (Å²) in [5, 5.41) is 5.58. The fraction of sp³-hybridized carbons (Fsp3) is 0.571. The maximum atomic E-state index is 12.4. The second-order valence-electron chi connectivity index (χ2n) is 11.2. The van der Waals surface area contributed by atoms with Gasteiger partial charge in [-0.25, -0.2) is 12.7 Å². The molecule has 5 rings (SSSR count). The second kappa shape index (κ2) is 11.4. The highest BCUT2D eigenvalue weighted by molar-refractivity contribution is 7.89. The average Bonchev–Trinajstić information content (AvgIpc) is 3.59. The summed E-state index contributed by atoms with van der Waals surface area (Å²) in [6.45, 7) is 6.69. The highest BCUT2D eigenvalue weighted by Gasteiger charge is 2.29. The summed E-state index contributed by atoms with van der Waals surface area (Å²) in [6.07, 6.45) is 9.72. The minimum absolute atomic E-state index is 0.124. The number of hydrogen-bond donors (Lipinski definition) is 2. The van der Waals surface area contributed by atoms with Crippen LogP contribution in [0.15, 0.2) is 30.7 Å². The van der Waals surface area contributed by atoms with Crippen molar-refractivity contribution in [3.63, 3.8) is 0 Å². The molecule has 212 valence electrons. The van der Waals surface area contributed by atoms with Crippen molar-refractivity contribution in [2.75, 3.05) is 52.6 Å². The smallest absolute Gasteiger partial charge is 0.250 e. The van der Waals surface area contributed by atoms with E-state index in [0.29, 0.717) is 24.7 Å². The lowest BCUT2D eigenvalue weighted by Crippen LogP contribution is -2.42. The summed E-state index contributed by atoms with van der Waals surface area (Å²) in [5.41, 5.74) is 9.95. The Kier molecular flexibility index (Phi) is 8.14. The van der Waals surface area contributed by atoms with Crippen LogP contribution >= 0.6 is 0 Å². The number of H-pyrrole nitrogens is 1. The van der Waals surface area contributed by atoms with E-state index in [1.54, 1.807) is 11.2 Å². The fourth-order valence-electron chi connectivity index (χ4n) is 6.12. The van der Waals surface area contributed by atoms with Gasteiger partial charge in [-0.05, 0) is 89.0 Å². The van der Waals surface area contributed by atoms with Crippen molar-refractivity contribution in [3.05, 3.63) is 41.9 Å². The number of hydrogen-bond acceptors (Lipinski definition) is 6. The molecular formula is C28H41N7O3S. The third kappa shape index (κ3) is 5.91. The Labute approximate surface area is 231 Å². The number of nitrogens with two attached hydrogens (primary N) is 1. The molecule has 0 atom stereocenters. The van der Waals surface area contributed by atoms with E-state index in [1.807, 2.05) is 29.3 Å². The van der Waals surface area contributed by atoms with Crippen molar-refractivity contribution in [1.29, 1.82) is 0 Å². The maximum Gasteiger partial charge on any atom is 0.250 e. The molecule has 0 saturated carbocycles. The van der Waals surface area contributed by atoms with Crippen molar-refractivity contribution in [2.45, 2.75) is 51.1 Å². The number of fused-ring (bicyclic) bond motifs is 1. The Balaban J connectivity index is 1.33. The standard InChI is InChI=1S/C28H41N7O3S/c1-4-39(37,38)35-11-5-20(6-12-35)26-18-30-27-24(26)15-21(16-25(27)28(29)36)22-17-31-34(19-22)14-13-33-9-7-23(8-10-33)32(2)3/h15-20,23,30H,4-14H2,1-3H3,(H2,29,36). The number of nitrogens with one attached hydrogen (secondary N) is 1. The number of aromatic amines is 1. The van der Waals surface area contributed by atoms with E-state index in [-0.39, 0.29) is 11.7 Å². The maximum absolute atomic E-state index is 12.4. The van der Waals surface area contributed by atoms with Crippen LogP contribution in [0.5, 0.6) is 0 Å². The minimum Gasteiger partial charge on any atom is -0.366 e. The van der Waals surface area contributed by atoms with E-state index in [9.17, 15) is 13.2 Å². The van der Waals surface area contributed by atoms with Crippen LogP contribution < -0.4 is 5.73 Å². The number of carbonyl (C=O) groups excluding carboxylic acids is 1. The monoisotopic (exact) mass is 555 g/mol. The number of primary amides is 1. The number of sulfonamides is 1. The molecule has 3 aromatic rings. The van der Waals surface area contributed by atoms with Crippen LogP contribution in [-0.2, 0) is 16.6 Å². The average molecular weight is 556 g/mol. The molecule has 10 nitrogen and oxygen atoms in total. The van der Waals surface area contributed by atoms with Crippen LogP contribution in [0.4, 0.5) is 0 Å². The third-order valence-electron chi connectivity index (χ3n) is 8.64. The van der Waals surface area contributed by atoms with Crippen LogP contribution in [0.2, 0.25) is 0 Å². The molecule has 39 heavy (non-hydrogen) atoms. The van der Waals surface area contributed by atoms with Crippen LogP contribution in [-0.4, -0.2) is 102 Å². The lowest BCUT2D eigenvalue weighted by molar-refractivity contribution is 0.100. The number of piperidine rings is 2. The molecule has 0 spiro atoms. The topological polar surface area (TPSA) is 121 Å². The van der Waals surface area contributed by atoms with E-state index in [0.717, 1.165) is 66.6 Å². The van der Waals surface area contributed by atoms with Gasteiger partial charge in [-0.15, -0.1) is 0 Å². The molecule has 3 N–H and O–H groups in total. The first-order chi connectivity index (χ1) is 18.7. The molecule has 0 aliphatic carbocycles. The molecule has 1 aromatic carbocycles. The summed E-state index contributed by atoms with van der Waals surface area (Å²) >= 11 is 0. The Morgan fingerprint density at radius 3 is 2.44 bits per heavy atom. The van der Waals surface area contributed by atoms with Gasteiger partial charge in [0.1, 0.15) is 0 Å². The van der Waals surface area contributed by atoms with Crippen LogP contribution in [0.3, 0.4) is 0 Å². The van der Waals surface area contributed by atoms with E-state index in [4.69, 9.17) is 5.73 Å². The number of benzene rings is 1. The largest absolute Gasteiger partial charge is 0.366 e. The Morgan fingerprint density at radius 1 is 1.08 bits per heavy atom. The molecule has 2 aliphatic rings. The zero-order valence-electron chi connectivity index (χ0n) is 23.3. The summed E-state index contributed by atoms with van der Waals surface area (Å²) in [6, 6.07) is 4.62. The van der Waals surface area contributed by atoms with Crippen molar-refractivity contribution >= 4 is 26.8 Å². The predicted molar refractivity (Wildman–Crippen MR) is 154 cm³/mol. The first kappa shape index (κ1) is 27.8. The zero-order chi connectivity index (χ0) is 27.7. The van der Waals surface area contributed by atoms with Gasteiger partial charge in [0.15, 0.2) is 0 Å². The summed E-state index contributed by atoms with van der Waals surface area (Å²) in [4.78, 5) is 20.5. The number of rotatable bonds is 9. The highest BCUT2D eigenvalue weighted by atomic mass is 32.2. The third-order valence-corrected chi connectivity index (χ3v) is 10.5. The molecule has 1 amide bonds. The van der Waals surface area contributed by atoms with E-state index in [1.165, 1.54) is 12.8 Å². The van der Waals surface area contributed by atoms with Gasteiger partial charge in [0.05, 0.1) is 29.6 Å². The molecule has 2 aromatic heterocycles. The summed E-state index contributed by atoms with van der Waals surface area (Å²) < 4.78 is 28.2. The van der Waals surface area contributed by atoms with Crippen molar-refractivity contribution in [1.82, 2.24) is 28.9 Å². The van der Waals surface area contributed by atoms with Crippen LogP contribution in [0.1, 0.15) is 54.4 Å². The first-order valence-corrected chi connectivity index (χ1v) is 15.6. The second-order valence-corrected chi connectivity index (χ2v) is 13.4. The summed E-state index contributed by atoms with van der Waals surface area (Å²) in [7, 11) is 1.13. The quantitative estimate of drug-likeness (QED) is 0.419. The highest BCUT2D eigenvalue weighted by Crippen LogP contribution is 2.37. The lowest BCUT2D eigenvalue weighted by Gasteiger charge is -2.35. The summed E-state index contributed by atoms with van der Waals surface area (Å²) in [5.74, 6) is -0.149. The Hall–Kier alpha value is -2.73. The molecule has 2 aliphatic heterocycles. The number of carbonyl (C=O) groups is 1. The van der Waals surface area contributed by atoms with Crippen molar-refractivity contribution in [3.8, 4) is 11.1 Å². The molecule has 0 radical (unpaired) electrons. The van der Waals surface area contributed by atoms with Gasteiger partial charge in [-0.3, -0.25) is 9.48 Å². The van der Waals surface area contributed by atoms with Crippen molar-refractivity contribution < 1.29 is 13.2 Å². The van der Waals surface area contributed by atoms with Gasteiger partial charge in [-0.1, -0.05) is 0 Å². The Bertz CT molecular complexity index is 1410. The van der Waals surface area contributed by atoms with E-state index >= 15 is 0 Å². The van der Waals surface area contributed by atoms with Crippen molar-refractivity contribution in [2.24, 2.45) is 5.73 Å². The molecule has 0 bridgehead atoms. The first-order valence-electron chi connectivity index (χ1n) is 14.0. The number of likely N-dealkylation sites (tertiary alicyclic amines) is 1. The number of aromatic nitrogens is 3. The molecular weight excluding hydrogens is 514 g/mol. The lowest BCUT2D eigenvalue weighted by atomic mass is 9.88. The van der Waals surface area contributed by atoms with Gasteiger partial charge < -0.3 is 20.5 Å². The zero-order valence-corrected chi connectivity index (χ0v) is 24.1. The molecule has 2 saturated heterocycles. The fourth-order valence-corrected chi connectivity index (χ4v) is 7.25. The molecule has 0 unspecified atom stereocenters. The van der Waals surface area contributed by atoms with E-state index < -0.39 is 15.9 Å².